The predicted molar refractivity (Wildman–Crippen MR) is 86.3 cm³/mol. The Kier molecular flexibility index (Phi) is 4.19. The molecule has 2 N–H and O–H groups in total. The molecule has 0 bridgehead atoms. The van der Waals surface area contributed by atoms with Crippen LogP contribution in [0, 0.1) is 5.92 Å². The smallest absolute Gasteiger partial charge is 0.263 e. The minimum Gasteiger partial charge on any atom is -0.396 e. The highest BCUT2D eigenvalue weighted by Gasteiger charge is 2.31. The minimum absolute atomic E-state index is 0.0963. The highest BCUT2D eigenvalue weighted by Crippen LogP contribution is 2.20. The van der Waals surface area contributed by atoms with Crippen molar-refractivity contribution in [2.75, 3.05) is 19.7 Å². The molecule has 122 valence electrons. The van der Waals surface area contributed by atoms with Gasteiger partial charge in [-0.05, 0) is 23.9 Å². The van der Waals surface area contributed by atoms with Gasteiger partial charge in [0.2, 0.25) is 0 Å². The van der Waals surface area contributed by atoms with Crippen LogP contribution < -0.4 is 5.56 Å². The minimum atomic E-state index is -0.762. The molecule has 6 heteroatoms. The molecule has 0 unspecified atom stereocenters. The van der Waals surface area contributed by atoms with Crippen LogP contribution in [-0.2, 0) is 7.05 Å². The van der Waals surface area contributed by atoms with Crippen LogP contribution in [-0.4, -0.2) is 51.4 Å². The summed E-state index contributed by atoms with van der Waals surface area (Å²) in [5.74, 6) is -0.578. The summed E-state index contributed by atoms with van der Waals surface area (Å²) in [7, 11) is 1.65. The number of aliphatic hydroxyl groups excluding tert-OH is 2. The van der Waals surface area contributed by atoms with Crippen molar-refractivity contribution < 1.29 is 15.0 Å². The molecule has 1 aliphatic heterocycles. The van der Waals surface area contributed by atoms with Gasteiger partial charge in [-0.1, -0.05) is 18.2 Å². The molecule has 1 amide bonds. The number of likely N-dealkylation sites (tertiary alicyclic amines) is 1. The zero-order valence-electron chi connectivity index (χ0n) is 13.0. The molecule has 2 heterocycles. The van der Waals surface area contributed by atoms with Crippen LogP contribution >= 0.6 is 0 Å². The number of β-amino-alcohol motifs (C(OH)–C–C–N with tert-alkyl or cyclic N) is 1. The quantitative estimate of drug-likeness (QED) is 0.838. The van der Waals surface area contributed by atoms with Crippen LogP contribution in [0.5, 0.6) is 0 Å². The van der Waals surface area contributed by atoms with E-state index in [0.29, 0.717) is 13.0 Å². The van der Waals surface area contributed by atoms with E-state index >= 15 is 0 Å². The van der Waals surface area contributed by atoms with Gasteiger partial charge in [0.1, 0.15) is 5.56 Å². The number of nitrogens with zero attached hydrogens (tertiary/aromatic N) is 2. The number of carbonyl (C=O) groups excluding carboxylic acids is 1. The van der Waals surface area contributed by atoms with Crippen LogP contribution in [0.2, 0.25) is 0 Å². The van der Waals surface area contributed by atoms with E-state index in [9.17, 15) is 19.8 Å². The Morgan fingerprint density at radius 3 is 2.78 bits per heavy atom. The Labute approximate surface area is 133 Å². The summed E-state index contributed by atoms with van der Waals surface area (Å²) in [4.78, 5) is 26.7. The molecular weight excluding hydrogens is 296 g/mol. The van der Waals surface area contributed by atoms with E-state index in [0.717, 1.165) is 10.9 Å². The van der Waals surface area contributed by atoms with Gasteiger partial charge in [-0.15, -0.1) is 0 Å². The number of carbonyl (C=O) groups is 1. The average molecular weight is 316 g/mol. The normalized spacial score (nSPS) is 21.6. The van der Waals surface area contributed by atoms with Gasteiger partial charge in [0.25, 0.3) is 11.5 Å². The molecule has 0 radical (unpaired) electrons. The van der Waals surface area contributed by atoms with Gasteiger partial charge in [0.05, 0.1) is 11.6 Å². The van der Waals surface area contributed by atoms with Gasteiger partial charge < -0.3 is 19.7 Å². The standard InChI is InChI=1S/C17H20N2O4/c1-18-14-5-3-2-4-11(14)8-13(16(18)22)17(23)19-7-6-12(10-20)15(21)9-19/h2-5,8,12,15,20-21H,6-7,9-10H2,1H3/t12-,15-/m1/s1. The number of amides is 1. The third-order valence-electron chi connectivity index (χ3n) is 4.61. The third kappa shape index (κ3) is 2.75. The van der Waals surface area contributed by atoms with Gasteiger partial charge >= 0.3 is 0 Å². The molecule has 1 fully saturated rings. The van der Waals surface area contributed by atoms with Crippen molar-refractivity contribution >= 4 is 16.8 Å². The maximum Gasteiger partial charge on any atom is 0.263 e. The number of aryl methyl sites for hydroxylation is 1. The fraction of sp³-hybridized carbons (Fsp3) is 0.412. The summed E-state index contributed by atoms with van der Waals surface area (Å²) in [6.07, 6.45) is -0.237. The molecule has 0 aliphatic carbocycles. The highest BCUT2D eigenvalue weighted by molar-refractivity contribution is 5.97. The van der Waals surface area contributed by atoms with E-state index in [1.165, 1.54) is 9.47 Å². The lowest BCUT2D eigenvalue weighted by Gasteiger charge is -2.35. The van der Waals surface area contributed by atoms with Crippen LogP contribution in [0.25, 0.3) is 10.9 Å². The summed E-state index contributed by atoms with van der Waals surface area (Å²) in [6.45, 7) is 0.470. The van der Waals surface area contributed by atoms with Crippen molar-refractivity contribution in [3.63, 3.8) is 0 Å². The highest BCUT2D eigenvalue weighted by atomic mass is 16.3. The number of hydrogen-bond donors (Lipinski definition) is 2. The molecule has 0 saturated carbocycles. The van der Waals surface area contributed by atoms with Crippen molar-refractivity contribution in [3.05, 3.63) is 46.2 Å². The molecule has 1 aromatic heterocycles. The number of aliphatic hydroxyl groups is 2. The summed E-state index contributed by atoms with van der Waals surface area (Å²) in [5.41, 5.74) is 0.543. The molecule has 0 spiro atoms. The first-order chi connectivity index (χ1) is 11.0. The van der Waals surface area contributed by atoms with E-state index in [1.54, 1.807) is 13.1 Å². The molecule has 2 atom stereocenters. The maximum atomic E-state index is 12.7. The lowest BCUT2D eigenvalue weighted by atomic mass is 9.94. The van der Waals surface area contributed by atoms with Crippen LogP contribution in [0.3, 0.4) is 0 Å². The van der Waals surface area contributed by atoms with Crippen molar-refractivity contribution in [1.29, 1.82) is 0 Å². The van der Waals surface area contributed by atoms with Gasteiger partial charge in [-0.2, -0.15) is 0 Å². The second-order valence-electron chi connectivity index (χ2n) is 6.03. The number of aromatic nitrogens is 1. The second-order valence-corrected chi connectivity index (χ2v) is 6.03. The molecule has 1 aromatic carbocycles. The van der Waals surface area contributed by atoms with Crippen LogP contribution in [0.4, 0.5) is 0 Å². The monoisotopic (exact) mass is 316 g/mol. The molecular formula is C17H20N2O4. The summed E-state index contributed by atoms with van der Waals surface area (Å²) in [6, 6.07) is 9.02. The third-order valence-corrected chi connectivity index (χ3v) is 4.61. The van der Waals surface area contributed by atoms with E-state index in [1.807, 2.05) is 24.3 Å². The lowest BCUT2D eigenvalue weighted by Crippen LogP contribution is -2.48. The molecule has 6 nitrogen and oxygen atoms in total. The van der Waals surface area contributed by atoms with Gasteiger partial charge in [0.15, 0.2) is 0 Å². The fourth-order valence-electron chi connectivity index (χ4n) is 3.12. The number of piperidine rings is 1. The summed E-state index contributed by atoms with van der Waals surface area (Å²) < 4.78 is 1.47. The Morgan fingerprint density at radius 1 is 1.35 bits per heavy atom. The van der Waals surface area contributed by atoms with Crippen molar-refractivity contribution in [1.82, 2.24) is 9.47 Å². The Morgan fingerprint density at radius 2 is 2.09 bits per heavy atom. The number of benzene rings is 1. The summed E-state index contributed by atoms with van der Waals surface area (Å²) in [5, 5.41) is 20.0. The van der Waals surface area contributed by atoms with E-state index in [2.05, 4.69) is 0 Å². The van der Waals surface area contributed by atoms with Crippen molar-refractivity contribution in [2.24, 2.45) is 13.0 Å². The van der Waals surface area contributed by atoms with E-state index in [4.69, 9.17) is 0 Å². The number of hydrogen-bond acceptors (Lipinski definition) is 4. The first-order valence-corrected chi connectivity index (χ1v) is 7.70. The fourth-order valence-corrected chi connectivity index (χ4v) is 3.12. The van der Waals surface area contributed by atoms with Gasteiger partial charge in [-0.3, -0.25) is 9.59 Å². The molecule has 2 aromatic rings. The van der Waals surface area contributed by atoms with Gasteiger partial charge in [0, 0.05) is 32.7 Å². The number of para-hydroxylation sites is 1. The molecule has 1 saturated heterocycles. The zero-order valence-corrected chi connectivity index (χ0v) is 13.0. The van der Waals surface area contributed by atoms with Crippen molar-refractivity contribution in [3.8, 4) is 0 Å². The van der Waals surface area contributed by atoms with E-state index in [-0.39, 0.29) is 36.1 Å². The first-order valence-electron chi connectivity index (χ1n) is 7.70. The maximum absolute atomic E-state index is 12.7. The lowest BCUT2D eigenvalue weighted by molar-refractivity contribution is 0.000799. The zero-order chi connectivity index (χ0) is 16.6. The number of rotatable bonds is 2. The second kappa shape index (κ2) is 6.14. The SMILES string of the molecule is Cn1c(=O)c(C(=O)N2CC[C@H](CO)[C@H](O)C2)cc2ccccc21. The first kappa shape index (κ1) is 15.7. The van der Waals surface area contributed by atoms with Crippen LogP contribution in [0.15, 0.2) is 35.1 Å². The van der Waals surface area contributed by atoms with Crippen LogP contribution in [0.1, 0.15) is 16.8 Å². The van der Waals surface area contributed by atoms with Gasteiger partial charge in [-0.25, -0.2) is 0 Å². The molecule has 1 aliphatic rings. The van der Waals surface area contributed by atoms with E-state index < -0.39 is 6.10 Å². The predicted octanol–water partition coefficient (Wildman–Crippen LogP) is 0.354. The number of fused-ring (bicyclic) bond motifs is 1. The molecule has 3 rings (SSSR count). The Bertz CT molecular complexity index is 799. The molecule has 23 heavy (non-hydrogen) atoms. The topological polar surface area (TPSA) is 82.8 Å². The number of pyridine rings is 1. The summed E-state index contributed by atoms with van der Waals surface area (Å²) >= 11 is 0. The largest absolute Gasteiger partial charge is 0.396 e. The average Bonchev–Trinajstić information content (AvgIpc) is 2.57. The Balaban J connectivity index is 1.96. The van der Waals surface area contributed by atoms with Crippen molar-refractivity contribution in [2.45, 2.75) is 12.5 Å². The Hall–Kier alpha value is -2.18.